The van der Waals surface area contributed by atoms with Crippen LogP contribution < -0.4 is 14.8 Å². The average molecular weight is 387 g/mol. The van der Waals surface area contributed by atoms with Gasteiger partial charge in [-0.15, -0.1) is 11.3 Å². The van der Waals surface area contributed by atoms with E-state index in [-0.39, 0.29) is 19.1 Å². The first kappa shape index (κ1) is 17.1. The summed E-state index contributed by atoms with van der Waals surface area (Å²) < 4.78 is 11.3. The minimum atomic E-state index is -1.27. The highest BCUT2D eigenvalue weighted by Gasteiger charge is 2.35. The van der Waals surface area contributed by atoms with E-state index in [4.69, 9.17) is 9.47 Å². The van der Waals surface area contributed by atoms with E-state index in [9.17, 15) is 9.90 Å². The largest absolute Gasteiger partial charge is 0.485 e. The average Bonchev–Trinajstić information content (AvgIpc) is 3.39. The number of hydrogen-bond acceptors (Lipinski definition) is 6. The number of thiophene rings is 2. The molecule has 2 aromatic heterocycles. The molecule has 0 aliphatic carbocycles. The Morgan fingerprint density at radius 1 is 1.19 bits per heavy atom. The van der Waals surface area contributed by atoms with Crippen molar-refractivity contribution < 1.29 is 19.4 Å². The summed E-state index contributed by atoms with van der Waals surface area (Å²) in [5.41, 5.74) is -0.506. The van der Waals surface area contributed by atoms with Crippen LogP contribution in [0.15, 0.2) is 58.6 Å². The van der Waals surface area contributed by atoms with Crippen LogP contribution in [0, 0.1) is 0 Å². The fourth-order valence-electron chi connectivity index (χ4n) is 2.82. The Morgan fingerprint density at radius 2 is 2.04 bits per heavy atom. The molecular weight excluding hydrogens is 370 g/mol. The molecule has 0 fully saturated rings. The van der Waals surface area contributed by atoms with E-state index >= 15 is 0 Å². The molecule has 1 aliphatic rings. The van der Waals surface area contributed by atoms with E-state index in [0.717, 1.165) is 10.4 Å². The summed E-state index contributed by atoms with van der Waals surface area (Å²) in [6.45, 7) is 0.198. The van der Waals surface area contributed by atoms with Crippen molar-refractivity contribution in [2.75, 3.05) is 13.2 Å². The summed E-state index contributed by atoms with van der Waals surface area (Å²) in [4.78, 5) is 13.4. The standard InChI is InChI=1S/C19H17NO4S2/c21-18(16-10-23-14-4-1-2-5-15(14)24-16)20-12-19(22,13-7-9-25-11-13)17-6-3-8-26-17/h1-9,11,16,22H,10,12H2,(H,20,21)/t16-,19-/m0/s1. The van der Waals surface area contributed by atoms with Crippen LogP contribution in [0.5, 0.6) is 11.5 Å². The molecule has 7 heteroatoms. The van der Waals surface area contributed by atoms with E-state index in [1.54, 1.807) is 12.1 Å². The van der Waals surface area contributed by atoms with Gasteiger partial charge in [0.25, 0.3) is 5.91 Å². The van der Waals surface area contributed by atoms with Gasteiger partial charge in [0.1, 0.15) is 12.2 Å². The van der Waals surface area contributed by atoms with Crippen molar-refractivity contribution in [3.8, 4) is 11.5 Å². The molecule has 0 saturated heterocycles. The number of benzene rings is 1. The van der Waals surface area contributed by atoms with Gasteiger partial charge >= 0.3 is 0 Å². The fraction of sp³-hybridized carbons (Fsp3) is 0.211. The summed E-state index contributed by atoms with van der Waals surface area (Å²) in [6, 6.07) is 12.9. The predicted octanol–water partition coefficient (Wildman–Crippen LogP) is 3.00. The first-order chi connectivity index (χ1) is 12.7. The van der Waals surface area contributed by atoms with Crippen LogP contribution in [0.25, 0.3) is 0 Å². The molecular formula is C19H17NO4S2. The number of fused-ring (bicyclic) bond motifs is 1. The maximum Gasteiger partial charge on any atom is 0.264 e. The van der Waals surface area contributed by atoms with E-state index in [1.165, 1.54) is 22.7 Å². The van der Waals surface area contributed by atoms with E-state index in [1.807, 2.05) is 46.5 Å². The molecule has 0 spiro atoms. The Balaban J connectivity index is 1.48. The molecule has 134 valence electrons. The number of ether oxygens (including phenoxy) is 2. The number of carbonyl (C=O) groups excluding carboxylic acids is 1. The van der Waals surface area contributed by atoms with Crippen molar-refractivity contribution in [1.29, 1.82) is 0 Å². The van der Waals surface area contributed by atoms with Gasteiger partial charge in [-0.2, -0.15) is 11.3 Å². The van der Waals surface area contributed by atoms with Gasteiger partial charge in [-0.05, 0) is 40.4 Å². The fourth-order valence-corrected chi connectivity index (χ4v) is 4.39. The van der Waals surface area contributed by atoms with Crippen molar-refractivity contribution in [2.45, 2.75) is 11.7 Å². The molecule has 0 unspecified atom stereocenters. The van der Waals surface area contributed by atoms with Crippen LogP contribution in [0.3, 0.4) is 0 Å². The third kappa shape index (κ3) is 3.21. The minimum Gasteiger partial charge on any atom is -0.485 e. The lowest BCUT2D eigenvalue weighted by atomic mass is 9.94. The topological polar surface area (TPSA) is 67.8 Å². The molecule has 5 nitrogen and oxygen atoms in total. The van der Waals surface area contributed by atoms with Crippen molar-refractivity contribution in [2.24, 2.45) is 0 Å². The van der Waals surface area contributed by atoms with E-state index < -0.39 is 11.7 Å². The zero-order valence-electron chi connectivity index (χ0n) is 13.8. The molecule has 3 aromatic rings. The monoisotopic (exact) mass is 387 g/mol. The Morgan fingerprint density at radius 3 is 2.77 bits per heavy atom. The highest BCUT2D eigenvalue weighted by Crippen LogP contribution is 2.34. The lowest BCUT2D eigenvalue weighted by Gasteiger charge is -2.29. The van der Waals surface area contributed by atoms with Crippen LogP contribution in [-0.2, 0) is 10.4 Å². The molecule has 4 rings (SSSR count). The predicted molar refractivity (Wildman–Crippen MR) is 101 cm³/mol. The van der Waals surface area contributed by atoms with Crippen molar-refractivity contribution >= 4 is 28.6 Å². The van der Waals surface area contributed by atoms with E-state index in [2.05, 4.69) is 5.32 Å². The maximum atomic E-state index is 12.6. The maximum absolute atomic E-state index is 12.6. The number of hydrogen-bond donors (Lipinski definition) is 2. The molecule has 2 N–H and O–H groups in total. The number of para-hydroxylation sites is 2. The molecule has 1 aromatic carbocycles. The van der Waals surface area contributed by atoms with Crippen LogP contribution >= 0.6 is 22.7 Å². The first-order valence-corrected chi connectivity index (χ1v) is 9.94. The van der Waals surface area contributed by atoms with Crippen molar-refractivity contribution in [3.63, 3.8) is 0 Å². The summed E-state index contributed by atoms with van der Waals surface area (Å²) >= 11 is 2.96. The quantitative estimate of drug-likeness (QED) is 0.706. The molecule has 3 heterocycles. The van der Waals surface area contributed by atoms with Gasteiger partial charge in [-0.25, -0.2) is 0 Å². The molecule has 0 bridgehead atoms. The van der Waals surface area contributed by atoms with Gasteiger partial charge < -0.3 is 19.9 Å². The molecule has 0 saturated carbocycles. The molecule has 1 aliphatic heterocycles. The summed E-state index contributed by atoms with van der Waals surface area (Å²) in [5.74, 6) is 0.861. The number of nitrogens with one attached hydrogen (secondary N) is 1. The second kappa shape index (κ2) is 7.11. The van der Waals surface area contributed by atoms with Gasteiger partial charge in [0, 0.05) is 10.4 Å². The number of carbonyl (C=O) groups is 1. The van der Waals surface area contributed by atoms with Crippen LogP contribution in [0.2, 0.25) is 0 Å². The van der Waals surface area contributed by atoms with Crippen LogP contribution in [0.1, 0.15) is 10.4 Å². The summed E-state index contributed by atoms with van der Waals surface area (Å²) in [6.07, 6.45) is -0.750. The Kier molecular flexibility index (Phi) is 4.67. The highest BCUT2D eigenvalue weighted by atomic mass is 32.1. The molecule has 1 amide bonds. The van der Waals surface area contributed by atoms with Crippen molar-refractivity contribution in [1.82, 2.24) is 5.32 Å². The smallest absolute Gasteiger partial charge is 0.264 e. The summed E-state index contributed by atoms with van der Waals surface area (Å²) in [7, 11) is 0. The first-order valence-electron chi connectivity index (χ1n) is 8.12. The zero-order valence-corrected chi connectivity index (χ0v) is 15.4. The van der Waals surface area contributed by atoms with Crippen molar-refractivity contribution in [3.05, 3.63) is 69.0 Å². The lowest BCUT2D eigenvalue weighted by molar-refractivity contribution is -0.131. The second-order valence-electron chi connectivity index (χ2n) is 5.93. The number of rotatable bonds is 5. The number of amides is 1. The zero-order chi connectivity index (χ0) is 18.0. The van der Waals surface area contributed by atoms with Gasteiger partial charge in [0.05, 0.1) is 6.54 Å². The Bertz CT molecular complexity index is 843. The third-order valence-corrected chi connectivity index (χ3v) is 5.95. The summed E-state index contributed by atoms with van der Waals surface area (Å²) in [5, 5.41) is 19.8. The third-order valence-electron chi connectivity index (χ3n) is 4.25. The molecule has 0 radical (unpaired) electrons. The van der Waals surface area contributed by atoms with Crippen LogP contribution in [-0.4, -0.2) is 30.3 Å². The number of aliphatic hydroxyl groups is 1. The normalized spacial score (nSPS) is 18.1. The second-order valence-corrected chi connectivity index (χ2v) is 7.66. The van der Waals surface area contributed by atoms with Gasteiger partial charge in [0.15, 0.2) is 11.5 Å². The van der Waals surface area contributed by atoms with Crippen LogP contribution in [0.4, 0.5) is 0 Å². The Hall–Kier alpha value is -2.35. The van der Waals surface area contributed by atoms with Gasteiger partial charge in [-0.1, -0.05) is 18.2 Å². The van der Waals surface area contributed by atoms with Gasteiger partial charge in [-0.3, -0.25) is 4.79 Å². The highest BCUT2D eigenvalue weighted by molar-refractivity contribution is 7.10. The minimum absolute atomic E-state index is 0.0601. The Labute approximate surface area is 158 Å². The molecule has 26 heavy (non-hydrogen) atoms. The van der Waals surface area contributed by atoms with Gasteiger partial charge in [0.2, 0.25) is 6.10 Å². The molecule has 2 atom stereocenters. The van der Waals surface area contributed by atoms with E-state index in [0.29, 0.717) is 11.5 Å². The SMILES string of the molecule is O=C(NC[C@](O)(c1ccsc1)c1cccs1)[C@@H]1COc2ccccc2O1. The lowest BCUT2D eigenvalue weighted by Crippen LogP contribution is -2.48.